The van der Waals surface area contributed by atoms with Crippen molar-refractivity contribution in [1.29, 1.82) is 0 Å². The second-order valence-corrected chi connectivity index (χ2v) is 5.39. The topological polar surface area (TPSA) is 69.7 Å². The van der Waals surface area contributed by atoms with Crippen LogP contribution >= 0.6 is 0 Å². The third-order valence-electron chi connectivity index (χ3n) is 3.16. The summed E-state index contributed by atoms with van der Waals surface area (Å²) in [6.45, 7) is 2.67. The minimum absolute atomic E-state index is 0.168. The molecule has 0 aliphatic heterocycles. The molecule has 5 nitrogen and oxygen atoms in total. The molecular formula is C21H18O5. The van der Waals surface area contributed by atoms with E-state index in [1.54, 1.807) is 60.7 Å². The largest absolute Gasteiger partial charge is 0.427 e. The molecule has 0 spiro atoms. The maximum Gasteiger partial charge on any atom is 0.308 e. The summed E-state index contributed by atoms with van der Waals surface area (Å²) in [5, 5.41) is 0. The highest BCUT2D eigenvalue weighted by atomic mass is 16.5. The van der Waals surface area contributed by atoms with Gasteiger partial charge in [0.15, 0.2) is 5.78 Å². The molecule has 0 fully saturated rings. The molecule has 0 radical (unpaired) electrons. The first-order valence-electron chi connectivity index (χ1n) is 7.89. The number of benzene rings is 2. The molecule has 0 unspecified atom stereocenters. The van der Waals surface area contributed by atoms with Crippen LogP contribution < -0.4 is 9.47 Å². The van der Waals surface area contributed by atoms with Crippen LogP contribution in [0.1, 0.15) is 25.0 Å². The van der Waals surface area contributed by atoms with Crippen LogP contribution in [0.4, 0.5) is 0 Å². The lowest BCUT2D eigenvalue weighted by Gasteiger charge is -2.01. The average molecular weight is 350 g/mol. The van der Waals surface area contributed by atoms with Crippen LogP contribution in [0.15, 0.2) is 60.7 Å². The van der Waals surface area contributed by atoms with Gasteiger partial charge in [0.1, 0.15) is 11.5 Å². The monoisotopic (exact) mass is 350 g/mol. The Morgan fingerprint density at radius 3 is 1.31 bits per heavy atom. The van der Waals surface area contributed by atoms with Crippen LogP contribution in [0.3, 0.4) is 0 Å². The van der Waals surface area contributed by atoms with Gasteiger partial charge in [0.2, 0.25) is 0 Å². The Balaban J connectivity index is 1.92. The molecule has 2 rings (SSSR count). The van der Waals surface area contributed by atoms with Crippen molar-refractivity contribution in [2.45, 2.75) is 13.8 Å². The molecule has 0 aliphatic rings. The molecule has 5 heteroatoms. The predicted molar refractivity (Wildman–Crippen MR) is 98.6 cm³/mol. The summed E-state index contributed by atoms with van der Waals surface area (Å²) in [7, 11) is 0. The van der Waals surface area contributed by atoms with Crippen molar-refractivity contribution in [3.05, 3.63) is 71.8 Å². The predicted octanol–water partition coefficient (Wildman–Crippen LogP) is 3.83. The number of ketones is 1. The number of esters is 2. The molecule has 0 aliphatic carbocycles. The van der Waals surface area contributed by atoms with E-state index < -0.39 is 0 Å². The van der Waals surface area contributed by atoms with Crippen LogP contribution in [-0.4, -0.2) is 17.7 Å². The molecule has 132 valence electrons. The van der Waals surface area contributed by atoms with E-state index in [1.165, 1.54) is 26.0 Å². The quantitative estimate of drug-likeness (QED) is 0.450. The lowest BCUT2D eigenvalue weighted by Crippen LogP contribution is -2.00. The molecule has 0 atom stereocenters. The summed E-state index contributed by atoms with van der Waals surface area (Å²) in [4.78, 5) is 33.6. The van der Waals surface area contributed by atoms with Crippen LogP contribution in [0.5, 0.6) is 11.5 Å². The molecule has 2 aromatic rings. The Kier molecular flexibility index (Phi) is 6.62. The van der Waals surface area contributed by atoms with Crippen molar-refractivity contribution >= 4 is 29.9 Å². The van der Waals surface area contributed by atoms with E-state index >= 15 is 0 Å². The fourth-order valence-corrected chi connectivity index (χ4v) is 2.04. The van der Waals surface area contributed by atoms with Gasteiger partial charge in [-0.2, -0.15) is 0 Å². The van der Waals surface area contributed by atoms with Gasteiger partial charge in [0, 0.05) is 13.8 Å². The number of carbonyl (C=O) groups is 3. The van der Waals surface area contributed by atoms with Gasteiger partial charge in [0.05, 0.1) is 0 Å². The van der Waals surface area contributed by atoms with Gasteiger partial charge in [-0.3, -0.25) is 14.4 Å². The van der Waals surface area contributed by atoms with Crippen LogP contribution in [0.2, 0.25) is 0 Å². The van der Waals surface area contributed by atoms with Crippen molar-refractivity contribution in [3.63, 3.8) is 0 Å². The number of hydrogen-bond acceptors (Lipinski definition) is 5. The molecule has 2 aromatic carbocycles. The van der Waals surface area contributed by atoms with Crippen LogP contribution in [0.25, 0.3) is 12.2 Å². The normalized spacial score (nSPS) is 10.8. The van der Waals surface area contributed by atoms with Gasteiger partial charge in [0.25, 0.3) is 0 Å². The van der Waals surface area contributed by atoms with Crippen molar-refractivity contribution in [1.82, 2.24) is 0 Å². The Hall–Kier alpha value is -3.47. The standard InChI is InChI=1S/C21H18O5/c1-15(22)25-20-11-5-17(6-12-20)3-9-19(24)10-4-18-7-13-21(14-8-18)26-16(2)23/h3-14H,1-2H3. The first-order chi connectivity index (χ1) is 12.4. The Morgan fingerprint density at radius 1 is 0.654 bits per heavy atom. The van der Waals surface area contributed by atoms with E-state index in [9.17, 15) is 14.4 Å². The zero-order chi connectivity index (χ0) is 18.9. The summed E-state index contributed by atoms with van der Waals surface area (Å²) in [5.74, 6) is -0.0155. The molecule has 0 saturated carbocycles. The summed E-state index contributed by atoms with van der Waals surface area (Å²) >= 11 is 0. The van der Waals surface area contributed by atoms with Crippen LogP contribution in [-0.2, 0) is 14.4 Å². The van der Waals surface area contributed by atoms with E-state index in [0.717, 1.165) is 11.1 Å². The number of hydrogen-bond donors (Lipinski definition) is 0. The first-order valence-corrected chi connectivity index (χ1v) is 7.89. The maximum absolute atomic E-state index is 11.9. The van der Waals surface area contributed by atoms with Crippen molar-refractivity contribution in [2.75, 3.05) is 0 Å². The molecule has 0 heterocycles. The number of allylic oxidation sites excluding steroid dienone is 2. The third kappa shape index (κ3) is 6.57. The second-order valence-electron chi connectivity index (χ2n) is 5.39. The first kappa shape index (κ1) is 18.9. The number of ether oxygens (including phenoxy) is 2. The van der Waals surface area contributed by atoms with E-state index in [-0.39, 0.29) is 17.7 Å². The van der Waals surface area contributed by atoms with Gasteiger partial charge < -0.3 is 9.47 Å². The highest BCUT2D eigenvalue weighted by Gasteiger charge is 1.98. The van der Waals surface area contributed by atoms with E-state index in [1.807, 2.05) is 0 Å². The molecule has 0 amide bonds. The van der Waals surface area contributed by atoms with E-state index in [0.29, 0.717) is 11.5 Å². The van der Waals surface area contributed by atoms with Crippen molar-refractivity contribution in [3.8, 4) is 11.5 Å². The Morgan fingerprint density at radius 2 is 1.00 bits per heavy atom. The zero-order valence-electron chi connectivity index (χ0n) is 14.5. The minimum atomic E-state index is -0.380. The smallest absolute Gasteiger partial charge is 0.308 e. The summed E-state index contributed by atoms with van der Waals surface area (Å²) in [6.07, 6.45) is 6.25. The number of carbonyl (C=O) groups excluding carboxylic acids is 3. The molecule has 0 N–H and O–H groups in total. The van der Waals surface area contributed by atoms with E-state index in [2.05, 4.69) is 0 Å². The van der Waals surface area contributed by atoms with E-state index in [4.69, 9.17) is 9.47 Å². The zero-order valence-corrected chi connectivity index (χ0v) is 14.5. The van der Waals surface area contributed by atoms with Crippen molar-refractivity contribution in [2.24, 2.45) is 0 Å². The van der Waals surface area contributed by atoms with Gasteiger partial charge in [-0.15, -0.1) is 0 Å². The molecular weight excluding hydrogens is 332 g/mol. The molecule has 26 heavy (non-hydrogen) atoms. The summed E-state index contributed by atoms with van der Waals surface area (Å²) < 4.78 is 9.89. The fraction of sp³-hybridized carbons (Fsp3) is 0.0952. The second kappa shape index (κ2) is 9.13. The Labute approximate surface area is 151 Å². The average Bonchev–Trinajstić information content (AvgIpc) is 2.59. The third-order valence-corrected chi connectivity index (χ3v) is 3.16. The lowest BCUT2D eigenvalue weighted by atomic mass is 10.1. The highest BCUT2D eigenvalue weighted by Crippen LogP contribution is 2.14. The molecule has 0 saturated heterocycles. The van der Waals surface area contributed by atoms with Gasteiger partial charge in [-0.25, -0.2) is 0 Å². The highest BCUT2D eigenvalue weighted by molar-refractivity contribution is 6.04. The van der Waals surface area contributed by atoms with Gasteiger partial charge >= 0.3 is 11.9 Å². The van der Waals surface area contributed by atoms with Gasteiger partial charge in [-0.05, 0) is 47.5 Å². The summed E-state index contributed by atoms with van der Waals surface area (Å²) in [6, 6.07) is 13.6. The molecule has 0 bridgehead atoms. The van der Waals surface area contributed by atoms with Crippen molar-refractivity contribution < 1.29 is 23.9 Å². The summed E-state index contributed by atoms with van der Waals surface area (Å²) in [5.41, 5.74) is 1.63. The molecule has 0 aromatic heterocycles. The van der Waals surface area contributed by atoms with Gasteiger partial charge in [-0.1, -0.05) is 36.4 Å². The van der Waals surface area contributed by atoms with Crippen LogP contribution in [0, 0.1) is 0 Å². The fourth-order valence-electron chi connectivity index (χ4n) is 2.04. The number of rotatable bonds is 6. The Bertz CT molecular complexity index is 771. The lowest BCUT2D eigenvalue weighted by molar-refractivity contribution is -0.132. The minimum Gasteiger partial charge on any atom is -0.427 e. The SMILES string of the molecule is CC(=O)Oc1ccc(C=CC(=O)C=Cc2ccc(OC(C)=O)cc2)cc1. The maximum atomic E-state index is 11.9.